The summed E-state index contributed by atoms with van der Waals surface area (Å²) in [5.41, 5.74) is 2.58. The van der Waals surface area contributed by atoms with Gasteiger partial charge in [-0.15, -0.1) is 11.3 Å². The van der Waals surface area contributed by atoms with Crippen LogP contribution in [0.25, 0.3) is 0 Å². The van der Waals surface area contributed by atoms with Crippen LogP contribution in [0, 0.1) is 24.2 Å². The minimum Gasteiger partial charge on any atom is -0.338 e. The monoisotopic (exact) mass is 447 g/mol. The van der Waals surface area contributed by atoms with Crippen molar-refractivity contribution in [1.29, 1.82) is 5.26 Å². The Morgan fingerprint density at radius 3 is 2.62 bits per heavy atom. The lowest BCUT2D eigenvalue weighted by Gasteiger charge is -2.42. The summed E-state index contributed by atoms with van der Waals surface area (Å²) >= 11 is 1.40. The predicted molar refractivity (Wildman–Crippen MR) is 123 cm³/mol. The van der Waals surface area contributed by atoms with E-state index in [4.69, 9.17) is 0 Å². The number of guanidine groups is 1. The van der Waals surface area contributed by atoms with Gasteiger partial charge < -0.3 is 9.80 Å². The van der Waals surface area contributed by atoms with E-state index < -0.39 is 0 Å². The summed E-state index contributed by atoms with van der Waals surface area (Å²) in [5.74, 6) is 0.0437. The summed E-state index contributed by atoms with van der Waals surface area (Å²) in [4.78, 5) is 22.3. The fraction of sp³-hybridized carbons (Fsp3) is 0.208. The number of aryl methyl sites for hydroxylation is 1. The maximum absolute atomic E-state index is 13.6. The van der Waals surface area contributed by atoms with Crippen molar-refractivity contribution < 1.29 is 9.18 Å². The van der Waals surface area contributed by atoms with Gasteiger partial charge in [0.1, 0.15) is 5.82 Å². The van der Waals surface area contributed by atoms with E-state index in [1.54, 1.807) is 12.1 Å². The molecule has 8 heteroatoms. The molecule has 0 saturated carbocycles. The fourth-order valence-corrected chi connectivity index (χ4v) is 4.44. The third-order valence-corrected chi connectivity index (χ3v) is 6.29. The molecule has 0 bridgehead atoms. The smallest absolute Gasteiger partial charge is 0.264 e. The van der Waals surface area contributed by atoms with E-state index in [1.807, 2.05) is 64.7 Å². The molecule has 4 rings (SSSR count). The molecule has 1 fully saturated rings. The molecule has 1 amide bonds. The first-order valence-corrected chi connectivity index (χ1v) is 11.1. The van der Waals surface area contributed by atoms with Gasteiger partial charge >= 0.3 is 0 Å². The van der Waals surface area contributed by atoms with Gasteiger partial charge in [0.05, 0.1) is 16.6 Å². The molecule has 6 nitrogen and oxygen atoms in total. The van der Waals surface area contributed by atoms with Crippen LogP contribution in [0.3, 0.4) is 0 Å². The fourth-order valence-electron chi connectivity index (χ4n) is 3.76. The standard InChI is InChI=1S/C24H22FN5OS/c1-17-5-2-3-6-20(17)28-24(27-16-26)29-12-13-30(23(31)22-7-4-14-32-22)21(15-29)18-8-10-19(25)11-9-18/h2-11,14,21H,12-13,15H2,1H3,(H,27,28). The maximum Gasteiger partial charge on any atom is 0.264 e. The van der Waals surface area contributed by atoms with Gasteiger partial charge in [-0.05, 0) is 47.7 Å². The first-order valence-electron chi connectivity index (χ1n) is 10.2. The molecule has 0 radical (unpaired) electrons. The molecule has 1 atom stereocenters. The molecule has 1 unspecified atom stereocenters. The number of thiophene rings is 1. The highest BCUT2D eigenvalue weighted by atomic mass is 32.1. The van der Waals surface area contributed by atoms with Crippen molar-refractivity contribution in [3.8, 4) is 6.19 Å². The molecular formula is C24H22FN5OS. The van der Waals surface area contributed by atoms with Crippen LogP contribution in [0.1, 0.15) is 26.8 Å². The van der Waals surface area contributed by atoms with Crippen molar-refractivity contribution >= 4 is 28.9 Å². The second-order valence-electron chi connectivity index (χ2n) is 7.45. The quantitative estimate of drug-likeness (QED) is 0.279. The summed E-state index contributed by atoms with van der Waals surface area (Å²) in [6, 6.07) is 17.2. The first kappa shape index (κ1) is 21.5. The Kier molecular flexibility index (Phi) is 6.47. The number of para-hydroxylation sites is 1. The number of benzene rings is 2. The summed E-state index contributed by atoms with van der Waals surface area (Å²) in [5, 5.41) is 13.9. The number of carbonyl (C=O) groups excluding carboxylic acids is 1. The van der Waals surface area contributed by atoms with E-state index in [1.165, 1.54) is 23.5 Å². The zero-order valence-corrected chi connectivity index (χ0v) is 18.3. The Balaban J connectivity index is 1.67. The van der Waals surface area contributed by atoms with Gasteiger partial charge in [0.2, 0.25) is 5.96 Å². The van der Waals surface area contributed by atoms with Crippen molar-refractivity contribution in [2.45, 2.75) is 13.0 Å². The Bertz CT molecular complexity index is 1150. The zero-order valence-electron chi connectivity index (χ0n) is 17.5. The number of piperazine rings is 1. The largest absolute Gasteiger partial charge is 0.338 e. The molecular weight excluding hydrogens is 425 g/mol. The first-order chi connectivity index (χ1) is 15.6. The van der Waals surface area contributed by atoms with Crippen LogP contribution < -0.4 is 5.32 Å². The molecule has 1 aromatic heterocycles. The highest BCUT2D eigenvalue weighted by Crippen LogP contribution is 2.29. The summed E-state index contributed by atoms with van der Waals surface area (Å²) < 4.78 is 13.6. The van der Waals surface area contributed by atoms with E-state index in [-0.39, 0.29) is 17.8 Å². The van der Waals surface area contributed by atoms with Crippen molar-refractivity contribution in [2.75, 3.05) is 19.6 Å². The van der Waals surface area contributed by atoms with Crippen molar-refractivity contribution in [3.05, 3.63) is 87.9 Å². The van der Waals surface area contributed by atoms with E-state index in [2.05, 4.69) is 10.3 Å². The summed E-state index contributed by atoms with van der Waals surface area (Å²) in [7, 11) is 0. The van der Waals surface area contributed by atoms with Crippen molar-refractivity contribution in [2.24, 2.45) is 4.99 Å². The number of hydrogen-bond donors (Lipinski definition) is 1. The molecule has 1 aliphatic heterocycles. The van der Waals surface area contributed by atoms with Crippen molar-refractivity contribution in [3.63, 3.8) is 0 Å². The van der Waals surface area contributed by atoms with Crippen LogP contribution in [-0.4, -0.2) is 41.3 Å². The topological polar surface area (TPSA) is 71.7 Å². The van der Waals surface area contributed by atoms with Gasteiger partial charge in [0.25, 0.3) is 5.91 Å². The predicted octanol–water partition coefficient (Wildman–Crippen LogP) is 4.45. The lowest BCUT2D eigenvalue weighted by molar-refractivity contribution is 0.0552. The van der Waals surface area contributed by atoms with Gasteiger partial charge in [0.15, 0.2) is 6.19 Å². The number of nitriles is 1. The molecule has 2 aromatic carbocycles. The van der Waals surface area contributed by atoms with Crippen LogP contribution in [0.4, 0.5) is 10.1 Å². The molecule has 3 aromatic rings. The van der Waals surface area contributed by atoms with Crippen LogP contribution in [0.2, 0.25) is 0 Å². The average molecular weight is 448 g/mol. The average Bonchev–Trinajstić information content (AvgIpc) is 3.35. The third-order valence-electron chi connectivity index (χ3n) is 5.44. The van der Waals surface area contributed by atoms with Gasteiger partial charge in [-0.25, -0.2) is 9.38 Å². The maximum atomic E-state index is 13.6. The van der Waals surface area contributed by atoms with Crippen LogP contribution in [-0.2, 0) is 0 Å². The number of halogens is 1. The second-order valence-corrected chi connectivity index (χ2v) is 8.40. The molecule has 2 heterocycles. The molecule has 1 saturated heterocycles. The molecule has 1 aliphatic rings. The normalized spacial score (nSPS) is 16.5. The number of nitrogens with one attached hydrogen (secondary N) is 1. The lowest BCUT2D eigenvalue weighted by Crippen LogP contribution is -2.54. The van der Waals surface area contributed by atoms with Gasteiger partial charge in [-0.1, -0.05) is 36.4 Å². The molecule has 0 spiro atoms. The number of carbonyl (C=O) groups is 1. The highest BCUT2D eigenvalue weighted by molar-refractivity contribution is 7.12. The summed E-state index contributed by atoms with van der Waals surface area (Å²) in [6.07, 6.45) is 1.97. The third kappa shape index (κ3) is 4.63. The van der Waals surface area contributed by atoms with Gasteiger partial charge in [-0.3, -0.25) is 10.1 Å². The molecule has 162 valence electrons. The number of amides is 1. The van der Waals surface area contributed by atoms with Crippen molar-refractivity contribution in [1.82, 2.24) is 15.1 Å². The van der Waals surface area contributed by atoms with Gasteiger partial charge in [0, 0.05) is 19.6 Å². The Labute approximate surface area is 190 Å². The van der Waals surface area contributed by atoms with Crippen LogP contribution in [0.5, 0.6) is 0 Å². The highest BCUT2D eigenvalue weighted by Gasteiger charge is 2.34. The second kappa shape index (κ2) is 9.62. The lowest BCUT2D eigenvalue weighted by atomic mass is 10.0. The number of hydrogen-bond acceptors (Lipinski definition) is 4. The van der Waals surface area contributed by atoms with E-state index in [0.717, 1.165) is 16.8 Å². The minimum atomic E-state index is -0.328. The Hall–Kier alpha value is -3.70. The van der Waals surface area contributed by atoms with E-state index >= 15 is 0 Å². The Morgan fingerprint density at radius 2 is 1.94 bits per heavy atom. The minimum absolute atomic E-state index is 0.0559. The van der Waals surface area contributed by atoms with E-state index in [0.29, 0.717) is 30.5 Å². The Morgan fingerprint density at radius 1 is 1.16 bits per heavy atom. The van der Waals surface area contributed by atoms with E-state index in [9.17, 15) is 14.4 Å². The molecule has 0 aliphatic carbocycles. The zero-order chi connectivity index (χ0) is 22.5. The number of nitrogens with zero attached hydrogens (tertiary/aromatic N) is 4. The van der Waals surface area contributed by atoms with Crippen LogP contribution >= 0.6 is 11.3 Å². The SMILES string of the molecule is Cc1ccccc1N=C(NC#N)N1CCN(C(=O)c2cccs2)C(c2ccc(F)cc2)C1. The molecule has 1 N–H and O–H groups in total. The van der Waals surface area contributed by atoms with Gasteiger partial charge in [-0.2, -0.15) is 5.26 Å². The summed E-state index contributed by atoms with van der Waals surface area (Å²) in [6.45, 7) is 3.33. The number of aliphatic imine (C=N–C) groups is 1. The molecule has 32 heavy (non-hydrogen) atoms. The number of rotatable bonds is 3. The van der Waals surface area contributed by atoms with Crippen LogP contribution in [0.15, 0.2) is 71.0 Å².